The molecular weight excluding hydrogens is 486 g/mol. The summed E-state index contributed by atoms with van der Waals surface area (Å²) in [4.78, 5) is 37.3. The van der Waals surface area contributed by atoms with Crippen LogP contribution in [0, 0.1) is 0 Å². The number of carbonyl (C=O) groups is 1. The molecule has 2 N–H and O–H groups in total. The maximum Gasteiger partial charge on any atom is 0.410 e. The lowest BCUT2D eigenvalue weighted by Gasteiger charge is -2.14. The summed E-state index contributed by atoms with van der Waals surface area (Å²) >= 11 is -1.44. The van der Waals surface area contributed by atoms with Gasteiger partial charge in [-0.3, -0.25) is 14.7 Å². The van der Waals surface area contributed by atoms with Crippen LogP contribution in [0.25, 0.3) is 22.2 Å². The Morgan fingerprint density at radius 3 is 2.50 bits per heavy atom. The van der Waals surface area contributed by atoms with Crippen molar-refractivity contribution in [3.8, 4) is 22.6 Å². The van der Waals surface area contributed by atoms with E-state index in [1.54, 1.807) is 36.4 Å². The van der Waals surface area contributed by atoms with Crippen molar-refractivity contribution < 1.29 is 23.9 Å². The summed E-state index contributed by atoms with van der Waals surface area (Å²) in [7, 11) is 3.05. The fourth-order valence-corrected chi connectivity index (χ4v) is 4.12. The van der Waals surface area contributed by atoms with E-state index in [4.69, 9.17) is 14.6 Å². The van der Waals surface area contributed by atoms with Crippen LogP contribution >= 0.6 is 0 Å². The summed E-state index contributed by atoms with van der Waals surface area (Å²) in [6.07, 6.45) is 3.65. The lowest BCUT2D eigenvalue weighted by molar-refractivity contribution is 0.209. The fourth-order valence-electron chi connectivity index (χ4n) is 3.71. The van der Waals surface area contributed by atoms with Gasteiger partial charge in [0.25, 0.3) is 5.56 Å². The van der Waals surface area contributed by atoms with E-state index in [0.717, 1.165) is 5.56 Å². The standard InChI is InChI=1S/C24H23N5O6S/c1-34-17-9-15(10-18(12-17)35-2)19-11-16-13-26-23(36(3)33)28-21(16)29(22(19)30)7-5-14-4-6-25-20(8-14)27-24(31)32/h4,6,8-13H,5,7H2,1-3H3,(H,25,27)(H,31,32). The molecule has 3 aromatic heterocycles. The van der Waals surface area contributed by atoms with Crippen molar-refractivity contribution >= 4 is 34.1 Å². The first kappa shape index (κ1) is 24.9. The Hall–Kier alpha value is -4.16. The molecule has 36 heavy (non-hydrogen) atoms. The molecule has 0 radical (unpaired) electrons. The lowest BCUT2D eigenvalue weighted by atomic mass is 10.0. The SMILES string of the molecule is COc1cc(OC)cc(-c2cc3cnc([S+](C)[O-])nc3n(CCc3ccnc(NC(=O)O)c3)c2=O)c1. The average molecular weight is 510 g/mol. The Kier molecular flexibility index (Phi) is 7.36. The van der Waals surface area contributed by atoms with Crippen LogP contribution in [-0.4, -0.2) is 55.7 Å². The summed E-state index contributed by atoms with van der Waals surface area (Å²) < 4.78 is 24.3. The molecule has 0 aliphatic carbocycles. The minimum absolute atomic E-state index is 0.114. The molecule has 4 rings (SSSR count). The quantitative estimate of drug-likeness (QED) is 0.270. The van der Waals surface area contributed by atoms with Gasteiger partial charge in [0, 0.05) is 47.1 Å². The Morgan fingerprint density at radius 1 is 1.14 bits per heavy atom. The maximum absolute atomic E-state index is 13.7. The first-order chi connectivity index (χ1) is 17.3. The number of hydrogen-bond donors (Lipinski definition) is 2. The summed E-state index contributed by atoms with van der Waals surface area (Å²) in [5.74, 6) is 1.23. The van der Waals surface area contributed by atoms with Gasteiger partial charge < -0.3 is 19.1 Å². The normalized spacial score (nSPS) is 11.8. The minimum atomic E-state index is -1.44. The molecule has 3 heterocycles. The smallest absolute Gasteiger partial charge is 0.410 e. The van der Waals surface area contributed by atoms with E-state index >= 15 is 0 Å². The third kappa shape index (κ3) is 5.39. The molecule has 12 heteroatoms. The molecule has 0 fully saturated rings. The molecule has 0 aliphatic rings. The van der Waals surface area contributed by atoms with E-state index in [0.29, 0.717) is 40.1 Å². The van der Waals surface area contributed by atoms with E-state index in [9.17, 15) is 14.1 Å². The number of nitrogens with one attached hydrogen (secondary N) is 1. The van der Waals surface area contributed by atoms with Crippen LogP contribution in [0.15, 0.2) is 58.7 Å². The molecule has 1 atom stereocenters. The first-order valence-corrected chi connectivity index (χ1v) is 12.3. The van der Waals surface area contributed by atoms with Crippen molar-refractivity contribution in [2.45, 2.75) is 18.1 Å². The molecule has 186 valence electrons. The lowest BCUT2D eigenvalue weighted by Crippen LogP contribution is -2.24. The third-order valence-electron chi connectivity index (χ3n) is 5.41. The number of rotatable bonds is 8. The Labute approximate surface area is 208 Å². The molecule has 4 aromatic rings. The maximum atomic E-state index is 13.7. The highest BCUT2D eigenvalue weighted by Gasteiger charge is 2.18. The van der Waals surface area contributed by atoms with Crippen molar-refractivity contribution in [2.24, 2.45) is 0 Å². The molecular formula is C24H23N5O6S. The van der Waals surface area contributed by atoms with Crippen LogP contribution in [0.2, 0.25) is 0 Å². The number of carboxylic acid groups (broad SMARTS) is 1. The van der Waals surface area contributed by atoms with Gasteiger partial charge in [-0.1, -0.05) is 0 Å². The van der Waals surface area contributed by atoms with Crippen LogP contribution in [0.5, 0.6) is 11.5 Å². The number of benzene rings is 1. The van der Waals surface area contributed by atoms with Gasteiger partial charge in [0.05, 0.1) is 14.2 Å². The number of amides is 1. The highest BCUT2D eigenvalue weighted by atomic mass is 32.2. The van der Waals surface area contributed by atoms with Crippen LogP contribution in [0.3, 0.4) is 0 Å². The summed E-state index contributed by atoms with van der Waals surface area (Å²) in [6.45, 7) is 0.216. The third-order valence-corrected chi connectivity index (χ3v) is 6.12. The molecule has 1 amide bonds. The van der Waals surface area contributed by atoms with Gasteiger partial charge in [0.1, 0.15) is 23.6 Å². The zero-order chi connectivity index (χ0) is 25.8. The number of aromatic nitrogens is 4. The number of ether oxygens (including phenoxy) is 2. The predicted molar refractivity (Wildman–Crippen MR) is 134 cm³/mol. The van der Waals surface area contributed by atoms with E-state index in [2.05, 4.69) is 20.3 Å². The molecule has 0 spiro atoms. The Bertz CT molecular complexity index is 1470. The molecule has 0 bridgehead atoms. The van der Waals surface area contributed by atoms with Gasteiger partial charge in [0.2, 0.25) is 0 Å². The Balaban J connectivity index is 1.84. The van der Waals surface area contributed by atoms with Crippen LogP contribution in [0.4, 0.5) is 10.6 Å². The minimum Gasteiger partial charge on any atom is -0.609 e. The molecule has 0 aliphatic heterocycles. The van der Waals surface area contributed by atoms with Crippen molar-refractivity contribution in [1.29, 1.82) is 0 Å². The second-order valence-corrected chi connectivity index (χ2v) is 9.00. The number of methoxy groups -OCH3 is 2. The highest BCUT2D eigenvalue weighted by molar-refractivity contribution is 7.90. The van der Waals surface area contributed by atoms with Crippen molar-refractivity contribution in [1.82, 2.24) is 19.5 Å². The van der Waals surface area contributed by atoms with E-state index in [-0.39, 0.29) is 23.1 Å². The zero-order valence-corrected chi connectivity index (χ0v) is 20.5. The van der Waals surface area contributed by atoms with Crippen LogP contribution < -0.4 is 20.3 Å². The van der Waals surface area contributed by atoms with Crippen molar-refractivity contribution in [3.05, 3.63) is 64.7 Å². The van der Waals surface area contributed by atoms with Crippen molar-refractivity contribution in [2.75, 3.05) is 25.8 Å². The zero-order valence-electron chi connectivity index (χ0n) is 19.7. The van der Waals surface area contributed by atoms with Gasteiger partial charge in [-0.25, -0.2) is 9.78 Å². The molecule has 1 unspecified atom stereocenters. The topological polar surface area (TPSA) is 152 Å². The Morgan fingerprint density at radius 2 is 1.86 bits per heavy atom. The molecule has 11 nitrogen and oxygen atoms in total. The predicted octanol–water partition coefficient (Wildman–Crippen LogP) is 2.94. The highest BCUT2D eigenvalue weighted by Crippen LogP contribution is 2.29. The van der Waals surface area contributed by atoms with E-state index in [1.807, 2.05) is 0 Å². The van der Waals surface area contributed by atoms with Gasteiger partial charge in [0.15, 0.2) is 5.65 Å². The number of anilines is 1. The number of pyridine rings is 2. The summed E-state index contributed by atoms with van der Waals surface area (Å²) in [5, 5.41) is 11.9. The van der Waals surface area contributed by atoms with Gasteiger partial charge >= 0.3 is 11.2 Å². The number of nitrogens with zero attached hydrogens (tertiary/aromatic N) is 4. The monoisotopic (exact) mass is 509 g/mol. The number of aryl methyl sites for hydroxylation is 2. The second-order valence-electron chi connectivity index (χ2n) is 7.73. The van der Waals surface area contributed by atoms with E-state index < -0.39 is 17.3 Å². The summed E-state index contributed by atoms with van der Waals surface area (Å²) in [6, 6.07) is 10.2. The fraction of sp³-hybridized carbons (Fsp3) is 0.208. The molecule has 0 saturated carbocycles. The van der Waals surface area contributed by atoms with Gasteiger partial charge in [-0.15, -0.1) is 0 Å². The van der Waals surface area contributed by atoms with Crippen LogP contribution in [-0.2, 0) is 24.1 Å². The number of hydrogen-bond acceptors (Lipinski definition) is 8. The van der Waals surface area contributed by atoms with Crippen molar-refractivity contribution in [3.63, 3.8) is 0 Å². The largest absolute Gasteiger partial charge is 0.609 e. The van der Waals surface area contributed by atoms with Gasteiger partial charge in [-0.05, 0) is 47.9 Å². The second kappa shape index (κ2) is 10.6. The van der Waals surface area contributed by atoms with Crippen LogP contribution in [0.1, 0.15) is 5.56 Å². The number of fused-ring (bicyclic) bond motifs is 1. The summed E-state index contributed by atoms with van der Waals surface area (Å²) in [5.41, 5.74) is 1.76. The van der Waals surface area contributed by atoms with Gasteiger partial charge in [-0.2, -0.15) is 9.97 Å². The molecule has 0 saturated heterocycles. The van der Waals surface area contributed by atoms with E-state index in [1.165, 1.54) is 37.4 Å². The average Bonchev–Trinajstić information content (AvgIpc) is 2.87. The molecule has 1 aromatic carbocycles. The first-order valence-electron chi connectivity index (χ1n) is 10.7.